The second kappa shape index (κ2) is 12.5. The number of nitrogens with two attached hydrogens (primary N) is 1. The largest absolute Gasteiger partial charge is 0.390 e. The number of nitrogens with zero attached hydrogens (tertiary/aromatic N) is 2. The summed E-state index contributed by atoms with van der Waals surface area (Å²) in [5.74, 6) is 0.452. The van der Waals surface area contributed by atoms with E-state index in [2.05, 4.69) is 4.90 Å². The van der Waals surface area contributed by atoms with Crippen molar-refractivity contribution in [1.82, 2.24) is 9.80 Å². The van der Waals surface area contributed by atoms with Gasteiger partial charge in [0.1, 0.15) is 0 Å². The maximum absolute atomic E-state index is 13.0. The first-order valence-electron chi connectivity index (χ1n) is 10.1. The fourth-order valence-corrected chi connectivity index (χ4v) is 4.64. The molecule has 0 aliphatic heterocycles. The Hall–Kier alpha value is -0.240. The Morgan fingerprint density at radius 1 is 1.00 bits per heavy atom. The molecule has 1 amide bonds. The Labute approximate surface area is 179 Å². The van der Waals surface area contributed by atoms with Gasteiger partial charge in [-0.15, -0.1) is 24.8 Å². The molecule has 0 saturated heterocycles. The van der Waals surface area contributed by atoms with Gasteiger partial charge in [0.25, 0.3) is 0 Å². The Balaban J connectivity index is 0.00000364. The Morgan fingerprint density at radius 2 is 1.54 bits per heavy atom. The number of alkyl halides is 3. The van der Waals surface area contributed by atoms with Crippen LogP contribution in [0.1, 0.15) is 52.4 Å². The predicted octanol–water partition coefficient (Wildman–Crippen LogP) is 4.11. The summed E-state index contributed by atoms with van der Waals surface area (Å²) in [4.78, 5) is 16.6. The second-order valence-electron chi connectivity index (χ2n) is 7.91. The molecule has 2 atom stereocenters. The first-order chi connectivity index (χ1) is 12.2. The molecule has 0 aromatic heterocycles. The van der Waals surface area contributed by atoms with E-state index in [1.807, 2.05) is 13.8 Å². The minimum absolute atomic E-state index is 0. The zero-order chi connectivity index (χ0) is 19.3. The predicted molar refractivity (Wildman–Crippen MR) is 111 cm³/mol. The standard InChI is InChI=1S/C19H34F3N3O.2ClH/c1-3-24(4-2)10-11-25(9-8-19(20,21)22)18(26)16-12-14-6-5-7-15(13-16)17(14)23;;/h14-17H,3-13,23H2,1-2H3;2*1H. The summed E-state index contributed by atoms with van der Waals surface area (Å²) in [6, 6.07) is 0.159. The third kappa shape index (κ3) is 7.88. The summed E-state index contributed by atoms with van der Waals surface area (Å²) in [5.41, 5.74) is 6.29. The van der Waals surface area contributed by atoms with Gasteiger partial charge >= 0.3 is 6.18 Å². The molecule has 2 rings (SSSR count). The minimum Gasteiger partial charge on any atom is -0.341 e. The van der Waals surface area contributed by atoms with Crippen molar-refractivity contribution in [2.24, 2.45) is 23.5 Å². The summed E-state index contributed by atoms with van der Waals surface area (Å²) in [6.07, 6.45) is -0.444. The van der Waals surface area contributed by atoms with Crippen LogP contribution in [0.5, 0.6) is 0 Å². The van der Waals surface area contributed by atoms with Crippen LogP contribution in [0.25, 0.3) is 0 Å². The van der Waals surface area contributed by atoms with Crippen molar-refractivity contribution < 1.29 is 18.0 Å². The van der Waals surface area contributed by atoms with Crippen molar-refractivity contribution in [3.63, 3.8) is 0 Å². The molecule has 0 heterocycles. The van der Waals surface area contributed by atoms with E-state index >= 15 is 0 Å². The van der Waals surface area contributed by atoms with Crippen molar-refractivity contribution >= 4 is 30.7 Å². The fraction of sp³-hybridized carbons (Fsp3) is 0.947. The van der Waals surface area contributed by atoms with Crippen LogP contribution in [0.15, 0.2) is 0 Å². The Bertz CT molecular complexity index is 450. The zero-order valence-corrected chi connectivity index (χ0v) is 18.6. The first kappa shape index (κ1) is 27.8. The Kier molecular flexibility index (Phi) is 12.3. The molecule has 168 valence electrons. The van der Waals surface area contributed by atoms with E-state index in [1.165, 1.54) is 4.90 Å². The lowest BCUT2D eigenvalue weighted by atomic mass is 9.65. The van der Waals surface area contributed by atoms with E-state index in [0.29, 0.717) is 24.9 Å². The first-order valence-corrected chi connectivity index (χ1v) is 10.1. The molecule has 28 heavy (non-hydrogen) atoms. The summed E-state index contributed by atoms with van der Waals surface area (Å²) >= 11 is 0. The highest BCUT2D eigenvalue weighted by Crippen LogP contribution is 2.42. The molecule has 2 bridgehead atoms. The van der Waals surface area contributed by atoms with Gasteiger partial charge < -0.3 is 15.5 Å². The third-order valence-electron chi connectivity index (χ3n) is 6.32. The number of carbonyl (C=O) groups excluding carboxylic acids is 1. The molecule has 2 unspecified atom stereocenters. The number of hydrogen-bond donors (Lipinski definition) is 1. The SMILES string of the molecule is CCN(CC)CCN(CCC(F)(F)F)C(=O)C1CC2CCCC(C1)C2N.Cl.Cl. The van der Waals surface area contributed by atoms with Crippen LogP contribution in [-0.4, -0.2) is 60.6 Å². The zero-order valence-electron chi connectivity index (χ0n) is 16.9. The van der Waals surface area contributed by atoms with Gasteiger partial charge in [0.05, 0.1) is 6.42 Å². The normalized spacial score (nSPS) is 27.0. The van der Waals surface area contributed by atoms with E-state index < -0.39 is 12.6 Å². The van der Waals surface area contributed by atoms with Crippen LogP contribution in [0.4, 0.5) is 13.2 Å². The van der Waals surface area contributed by atoms with Crippen LogP contribution in [-0.2, 0) is 4.79 Å². The van der Waals surface area contributed by atoms with Gasteiger partial charge in [-0.1, -0.05) is 20.3 Å². The van der Waals surface area contributed by atoms with Crippen molar-refractivity contribution in [1.29, 1.82) is 0 Å². The quantitative estimate of drug-likeness (QED) is 0.606. The molecular formula is C19H36Cl2F3N3O. The Morgan fingerprint density at radius 3 is 2.00 bits per heavy atom. The molecular weight excluding hydrogens is 414 g/mol. The lowest BCUT2D eigenvalue weighted by molar-refractivity contribution is -0.149. The van der Waals surface area contributed by atoms with Crippen molar-refractivity contribution in [2.75, 3.05) is 32.7 Å². The van der Waals surface area contributed by atoms with Crippen LogP contribution in [0, 0.1) is 17.8 Å². The molecule has 2 saturated carbocycles. The molecule has 2 fully saturated rings. The number of halogens is 5. The van der Waals surface area contributed by atoms with Crippen LogP contribution < -0.4 is 5.73 Å². The van der Waals surface area contributed by atoms with Gasteiger partial charge in [-0.05, 0) is 50.6 Å². The topological polar surface area (TPSA) is 49.6 Å². The lowest BCUT2D eigenvalue weighted by Gasteiger charge is -2.44. The molecule has 4 nitrogen and oxygen atoms in total. The van der Waals surface area contributed by atoms with Gasteiger partial charge in [0.15, 0.2) is 0 Å². The van der Waals surface area contributed by atoms with E-state index in [4.69, 9.17) is 5.73 Å². The number of hydrogen-bond acceptors (Lipinski definition) is 3. The van der Waals surface area contributed by atoms with Gasteiger partial charge in [-0.3, -0.25) is 4.79 Å². The highest BCUT2D eigenvalue weighted by molar-refractivity contribution is 5.85. The van der Waals surface area contributed by atoms with E-state index in [0.717, 1.165) is 45.2 Å². The maximum atomic E-state index is 13.0. The number of likely N-dealkylation sites (N-methyl/N-ethyl adjacent to an activating group) is 1. The minimum atomic E-state index is -4.24. The smallest absolute Gasteiger partial charge is 0.341 e. The third-order valence-corrected chi connectivity index (χ3v) is 6.32. The molecule has 0 radical (unpaired) electrons. The van der Waals surface area contributed by atoms with Crippen LogP contribution >= 0.6 is 24.8 Å². The van der Waals surface area contributed by atoms with Crippen LogP contribution in [0.3, 0.4) is 0 Å². The fourth-order valence-electron chi connectivity index (χ4n) is 4.64. The number of amides is 1. The van der Waals surface area contributed by atoms with Crippen molar-refractivity contribution in [3.05, 3.63) is 0 Å². The average molecular weight is 450 g/mol. The van der Waals surface area contributed by atoms with Gasteiger partial charge in [-0.2, -0.15) is 13.2 Å². The number of rotatable bonds is 8. The molecule has 2 N–H and O–H groups in total. The summed E-state index contributed by atoms with van der Waals surface area (Å²) in [7, 11) is 0. The second-order valence-corrected chi connectivity index (χ2v) is 7.91. The molecule has 0 spiro atoms. The van der Waals surface area contributed by atoms with E-state index in [9.17, 15) is 18.0 Å². The maximum Gasteiger partial charge on any atom is 0.390 e. The molecule has 0 aromatic carbocycles. The van der Waals surface area contributed by atoms with Gasteiger partial charge in [0.2, 0.25) is 5.91 Å². The number of fused-ring (bicyclic) bond motifs is 2. The lowest BCUT2D eigenvalue weighted by Crippen LogP contribution is -2.50. The highest BCUT2D eigenvalue weighted by Gasteiger charge is 2.42. The average Bonchev–Trinajstić information content (AvgIpc) is 2.56. The number of carbonyl (C=O) groups is 1. The van der Waals surface area contributed by atoms with Gasteiger partial charge in [-0.25, -0.2) is 0 Å². The summed E-state index contributed by atoms with van der Waals surface area (Å²) in [5, 5.41) is 0. The van der Waals surface area contributed by atoms with E-state index in [1.54, 1.807) is 0 Å². The molecule has 9 heteroatoms. The van der Waals surface area contributed by atoms with Gasteiger partial charge in [0, 0.05) is 31.6 Å². The monoisotopic (exact) mass is 449 g/mol. The summed E-state index contributed by atoms with van der Waals surface area (Å²) < 4.78 is 38.2. The highest BCUT2D eigenvalue weighted by atomic mass is 35.5. The molecule has 0 aromatic rings. The van der Waals surface area contributed by atoms with Crippen molar-refractivity contribution in [3.8, 4) is 0 Å². The van der Waals surface area contributed by atoms with Crippen LogP contribution in [0.2, 0.25) is 0 Å². The molecule has 2 aliphatic carbocycles. The molecule has 2 aliphatic rings. The summed E-state index contributed by atoms with van der Waals surface area (Å²) in [6.45, 7) is 6.47. The van der Waals surface area contributed by atoms with Crippen molar-refractivity contribution in [2.45, 2.75) is 64.6 Å². The van der Waals surface area contributed by atoms with E-state index in [-0.39, 0.29) is 49.2 Å².